The van der Waals surface area contributed by atoms with Crippen LogP contribution in [0.4, 0.5) is 5.69 Å². The normalized spacial score (nSPS) is 9.94. The van der Waals surface area contributed by atoms with Crippen molar-refractivity contribution in [1.82, 2.24) is 0 Å². The predicted molar refractivity (Wildman–Crippen MR) is 63.8 cm³/mol. The van der Waals surface area contributed by atoms with Gasteiger partial charge in [0, 0.05) is 18.9 Å². The number of hydrogen-bond donors (Lipinski definition) is 1. The van der Waals surface area contributed by atoms with E-state index in [1.165, 1.54) is 0 Å². The lowest BCUT2D eigenvalue weighted by molar-refractivity contribution is -0.145. The molecule has 0 aliphatic heterocycles. The Bertz CT molecular complexity index is 354. The zero-order valence-electron chi connectivity index (χ0n) is 9.85. The molecule has 0 aromatic heterocycles. The molecule has 0 amide bonds. The van der Waals surface area contributed by atoms with E-state index >= 15 is 0 Å². The summed E-state index contributed by atoms with van der Waals surface area (Å²) in [6, 6.07) is 7.05. The third-order valence-corrected chi connectivity index (χ3v) is 1.98. The first-order valence-corrected chi connectivity index (χ1v) is 5.35. The molecule has 0 fully saturated rings. The molecule has 94 valence electrons. The van der Waals surface area contributed by atoms with Gasteiger partial charge in [-0.05, 0) is 12.1 Å². The number of carbonyl (C=O) groups is 1. The fraction of sp³-hybridized carbons (Fsp3) is 0.417. The van der Waals surface area contributed by atoms with Crippen LogP contribution in [-0.2, 0) is 14.3 Å². The number of nitrogens with two attached hydrogens (primary N) is 1. The van der Waals surface area contributed by atoms with Crippen molar-refractivity contribution in [2.75, 3.05) is 32.7 Å². The molecule has 1 aromatic rings. The number of methoxy groups -OCH3 is 1. The van der Waals surface area contributed by atoms with Crippen molar-refractivity contribution in [3.8, 4) is 5.75 Å². The van der Waals surface area contributed by atoms with E-state index in [-0.39, 0.29) is 25.6 Å². The van der Waals surface area contributed by atoms with Gasteiger partial charge in [-0.3, -0.25) is 4.79 Å². The first kappa shape index (κ1) is 13.3. The number of hydrogen-bond acceptors (Lipinski definition) is 5. The number of esters is 1. The molecule has 0 heterocycles. The van der Waals surface area contributed by atoms with Gasteiger partial charge < -0.3 is 19.9 Å². The summed E-state index contributed by atoms with van der Waals surface area (Å²) in [5, 5.41) is 0. The number of nitrogen functional groups attached to an aromatic ring is 1. The average Bonchev–Trinajstić information content (AvgIpc) is 2.29. The Morgan fingerprint density at radius 1 is 1.29 bits per heavy atom. The second-order valence-corrected chi connectivity index (χ2v) is 3.38. The molecule has 2 N–H and O–H groups in total. The van der Waals surface area contributed by atoms with Gasteiger partial charge in [0.05, 0.1) is 19.6 Å². The van der Waals surface area contributed by atoms with Crippen molar-refractivity contribution < 1.29 is 19.0 Å². The molecule has 0 atom stereocenters. The van der Waals surface area contributed by atoms with Crippen LogP contribution in [0.3, 0.4) is 0 Å². The summed E-state index contributed by atoms with van der Waals surface area (Å²) >= 11 is 0. The lowest BCUT2D eigenvalue weighted by atomic mass is 10.3. The second kappa shape index (κ2) is 7.51. The quantitative estimate of drug-likeness (QED) is 0.440. The molecule has 0 spiro atoms. The molecule has 0 saturated heterocycles. The van der Waals surface area contributed by atoms with Crippen LogP contribution in [0.1, 0.15) is 6.42 Å². The van der Waals surface area contributed by atoms with Crippen molar-refractivity contribution in [2.45, 2.75) is 6.42 Å². The predicted octanol–water partition coefficient (Wildman–Crippen LogP) is 1.23. The Labute approximate surface area is 100 Å². The van der Waals surface area contributed by atoms with E-state index in [1.54, 1.807) is 31.4 Å². The zero-order valence-corrected chi connectivity index (χ0v) is 9.85. The van der Waals surface area contributed by atoms with E-state index < -0.39 is 0 Å². The van der Waals surface area contributed by atoms with Gasteiger partial charge >= 0.3 is 5.97 Å². The summed E-state index contributed by atoms with van der Waals surface area (Å²) in [6.45, 7) is 0.949. The van der Waals surface area contributed by atoms with Crippen LogP contribution in [0, 0.1) is 0 Å². The number of benzene rings is 1. The Kier molecular flexibility index (Phi) is 5.88. The molecule has 5 nitrogen and oxygen atoms in total. The third kappa shape index (κ3) is 5.77. The Balaban J connectivity index is 2.17. The molecule has 0 bridgehead atoms. The summed E-state index contributed by atoms with van der Waals surface area (Å²) in [4.78, 5) is 11.2. The van der Waals surface area contributed by atoms with Gasteiger partial charge in [-0.2, -0.15) is 0 Å². The van der Waals surface area contributed by atoms with Crippen molar-refractivity contribution in [3.63, 3.8) is 0 Å². The monoisotopic (exact) mass is 239 g/mol. The Hall–Kier alpha value is -1.75. The summed E-state index contributed by atoms with van der Waals surface area (Å²) in [5.74, 6) is 0.348. The van der Waals surface area contributed by atoms with Crippen molar-refractivity contribution >= 4 is 11.7 Å². The summed E-state index contributed by atoms with van der Waals surface area (Å²) in [7, 11) is 1.55. The Morgan fingerprint density at radius 3 is 2.82 bits per heavy atom. The molecule has 0 unspecified atom stereocenters. The molecule has 1 aromatic carbocycles. The van der Waals surface area contributed by atoms with Gasteiger partial charge in [0.25, 0.3) is 0 Å². The SMILES string of the molecule is COCCOC(=O)CCOc1cccc(N)c1. The van der Waals surface area contributed by atoms with Crippen molar-refractivity contribution in [2.24, 2.45) is 0 Å². The van der Waals surface area contributed by atoms with Crippen molar-refractivity contribution in [1.29, 1.82) is 0 Å². The maximum Gasteiger partial charge on any atom is 0.309 e. The average molecular weight is 239 g/mol. The highest BCUT2D eigenvalue weighted by Gasteiger charge is 2.03. The van der Waals surface area contributed by atoms with E-state index in [0.717, 1.165) is 0 Å². The van der Waals surface area contributed by atoms with Crippen LogP contribution in [-0.4, -0.2) is 32.9 Å². The molecule has 0 aliphatic rings. The zero-order chi connectivity index (χ0) is 12.5. The van der Waals surface area contributed by atoms with Gasteiger partial charge in [0.2, 0.25) is 0 Å². The van der Waals surface area contributed by atoms with Gasteiger partial charge in [-0.25, -0.2) is 0 Å². The number of ether oxygens (including phenoxy) is 3. The van der Waals surface area contributed by atoms with Gasteiger partial charge in [0.1, 0.15) is 12.4 Å². The van der Waals surface area contributed by atoms with E-state index in [1.807, 2.05) is 0 Å². The Morgan fingerprint density at radius 2 is 2.12 bits per heavy atom. The molecule has 0 radical (unpaired) electrons. The lowest BCUT2D eigenvalue weighted by Gasteiger charge is -2.07. The lowest BCUT2D eigenvalue weighted by Crippen LogP contribution is -2.12. The fourth-order valence-electron chi connectivity index (χ4n) is 1.17. The minimum atomic E-state index is -0.300. The maximum absolute atomic E-state index is 11.2. The van der Waals surface area contributed by atoms with Gasteiger partial charge in [0.15, 0.2) is 0 Å². The van der Waals surface area contributed by atoms with Crippen LogP contribution in [0.15, 0.2) is 24.3 Å². The van der Waals surface area contributed by atoms with Gasteiger partial charge in [-0.1, -0.05) is 6.07 Å². The first-order chi connectivity index (χ1) is 8.22. The van der Waals surface area contributed by atoms with Crippen LogP contribution >= 0.6 is 0 Å². The number of carbonyl (C=O) groups excluding carboxylic acids is 1. The van der Waals surface area contributed by atoms with E-state index in [9.17, 15) is 4.79 Å². The third-order valence-electron chi connectivity index (χ3n) is 1.98. The molecular weight excluding hydrogens is 222 g/mol. The molecule has 5 heteroatoms. The largest absolute Gasteiger partial charge is 0.493 e. The molecule has 0 saturated carbocycles. The van der Waals surface area contributed by atoms with E-state index in [0.29, 0.717) is 18.0 Å². The highest BCUT2D eigenvalue weighted by molar-refractivity contribution is 5.69. The second-order valence-electron chi connectivity index (χ2n) is 3.38. The topological polar surface area (TPSA) is 70.8 Å². The number of rotatable bonds is 7. The molecular formula is C12H17NO4. The van der Waals surface area contributed by atoms with Gasteiger partial charge in [-0.15, -0.1) is 0 Å². The van der Waals surface area contributed by atoms with Crippen molar-refractivity contribution in [3.05, 3.63) is 24.3 Å². The maximum atomic E-state index is 11.2. The van der Waals surface area contributed by atoms with E-state index in [4.69, 9.17) is 19.9 Å². The summed E-state index contributed by atoms with van der Waals surface area (Å²) < 4.78 is 15.0. The summed E-state index contributed by atoms with van der Waals surface area (Å²) in [5.41, 5.74) is 6.22. The van der Waals surface area contributed by atoms with Crippen LogP contribution in [0.25, 0.3) is 0 Å². The van der Waals surface area contributed by atoms with Crippen LogP contribution < -0.4 is 10.5 Å². The minimum Gasteiger partial charge on any atom is -0.493 e. The standard InChI is InChI=1S/C12H17NO4/c1-15-7-8-17-12(14)5-6-16-11-4-2-3-10(13)9-11/h2-4,9H,5-8,13H2,1H3. The smallest absolute Gasteiger partial charge is 0.309 e. The highest BCUT2D eigenvalue weighted by atomic mass is 16.6. The molecule has 1 rings (SSSR count). The molecule has 17 heavy (non-hydrogen) atoms. The minimum absolute atomic E-state index is 0.207. The summed E-state index contributed by atoms with van der Waals surface area (Å²) in [6.07, 6.45) is 0.207. The van der Waals surface area contributed by atoms with Crippen LogP contribution in [0.2, 0.25) is 0 Å². The fourth-order valence-corrected chi connectivity index (χ4v) is 1.17. The molecule has 0 aliphatic carbocycles. The highest BCUT2D eigenvalue weighted by Crippen LogP contribution is 2.14. The van der Waals surface area contributed by atoms with Crippen LogP contribution in [0.5, 0.6) is 5.75 Å². The van der Waals surface area contributed by atoms with E-state index in [2.05, 4.69) is 0 Å². The first-order valence-electron chi connectivity index (χ1n) is 5.35. The number of anilines is 1.